The number of benzene rings is 2. The molecule has 0 aliphatic carbocycles. The Hall–Kier alpha value is -2.44. The summed E-state index contributed by atoms with van der Waals surface area (Å²) >= 11 is 2.06. The molecule has 24 heavy (non-hydrogen) atoms. The van der Waals surface area contributed by atoms with Crippen molar-refractivity contribution in [3.8, 4) is 0 Å². The van der Waals surface area contributed by atoms with Crippen LogP contribution in [-0.4, -0.2) is 20.2 Å². The zero-order valence-corrected chi connectivity index (χ0v) is 14.1. The summed E-state index contributed by atoms with van der Waals surface area (Å²) in [6.45, 7) is 0. The van der Waals surface area contributed by atoms with E-state index in [-0.39, 0.29) is 21.6 Å². The predicted molar refractivity (Wildman–Crippen MR) is 95.3 cm³/mol. The highest BCUT2D eigenvalue weighted by atomic mass is 32.2. The molecule has 0 bridgehead atoms. The lowest BCUT2D eigenvalue weighted by Crippen LogP contribution is -2.09. The molecule has 3 aromatic rings. The van der Waals surface area contributed by atoms with Crippen molar-refractivity contribution in [1.82, 2.24) is 9.97 Å². The van der Waals surface area contributed by atoms with Crippen LogP contribution in [0.15, 0.2) is 82.8 Å². The van der Waals surface area contributed by atoms with Gasteiger partial charge in [0.15, 0.2) is 0 Å². The van der Waals surface area contributed by atoms with E-state index in [9.17, 15) is 9.59 Å². The van der Waals surface area contributed by atoms with Crippen molar-refractivity contribution < 1.29 is 9.59 Å². The van der Waals surface area contributed by atoms with Crippen LogP contribution in [0.25, 0.3) is 0 Å². The molecule has 0 unspecified atom stereocenters. The van der Waals surface area contributed by atoms with Crippen molar-refractivity contribution in [1.29, 1.82) is 0 Å². The van der Waals surface area contributed by atoms with E-state index in [2.05, 4.69) is 9.97 Å². The summed E-state index contributed by atoms with van der Waals surface area (Å²) in [6, 6.07) is 18.5. The van der Waals surface area contributed by atoms with Crippen molar-refractivity contribution in [2.45, 2.75) is 9.79 Å². The van der Waals surface area contributed by atoms with Crippen molar-refractivity contribution in [2.75, 3.05) is 0 Å². The molecule has 0 aliphatic rings. The molecule has 0 aliphatic heterocycles. The summed E-state index contributed by atoms with van der Waals surface area (Å²) in [4.78, 5) is 34.7. The first-order valence-corrected chi connectivity index (χ1v) is 8.73. The van der Waals surface area contributed by atoms with E-state index in [0.717, 1.165) is 33.3 Å². The van der Waals surface area contributed by atoms with E-state index in [1.807, 2.05) is 60.7 Å². The molecule has 6 heteroatoms. The van der Waals surface area contributed by atoms with E-state index in [0.29, 0.717) is 0 Å². The maximum Gasteiger partial charge on any atom is 0.244 e. The van der Waals surface area contributed by atoms with E-state index in [4.69, 9.17) is 0 Å². The Bertz CT molecular complexity index is 783. The molecular weight excluding hydrogens is 340 g/mol. The van der Waals surface area contributed by atoms with Crippen LogP contribution in [0, 0.1) is 0 Å². The molecule has 0 amide bonds. The first-order chi connectivity index (χ1) is 11.7. The Kier molecular flexibility index (Phi) is 5.40. The quantitative estimate of drug-likeness (QED) is 0.651. The highest BCUT2D eigenvalue weighted by Gasteiger charge is 2.21. The van der Waals surface area contributed by atoms with Gasteiger partial charge in [0, 0.05) is 22.2 Å². The van der Waals surface area contributed by atoms with Gasteiger partial charge in [0.2, 0.25) is 10.2 Å². The van der Waals surface area contributed by atoms with Crippen molar-refractivity contribution in [3.63, 3.8) is 0 Å². The smallest absolute Gasteiger partial charge is 0.244 e. The maximum absolute atomic E-state index is 12.5. The van der Waals surface area contributed by atoms with Crippen molar-refractivity contribution >= 4 is 33.8 Å². The molecule has 0 spiro atoms. The Morgan fingerprint density at radius 2 is 1.00 bits per heavy atom. The second-order valence-electron chi connectivity index (χ2n) is 4.66. The molecule has 0 N–H and O–H groups in total. The number of aromatic nitrogens is 2. The highest BCUT2D eigenvalue weighted by molar-refractivity contribution is 8.14. The van der Waals surface area contributed by atoms with Gasteiger partial charge in [0.05, 0.1) is 0 Å². The number of hydrogen-bond donors (Lipinski definition) is 0. The lowest BCUT2D eigenvalue weighted by molar-refractivity contribution is 0.105. The number of hydrogen-bond acceptors (Lipinski definition) is 6. The Morgan fingerprint density at radius 1 is 0.625 bits per heavy atom. The summed E-state index contributed by atoms with van der Waals surface area (Å²) in [5.41, 5.74) is 0.166. The highest BCUT2D eigenvalue weighted by Crippen LogP contribution is 2.26. The molecule has 0 fully saturated rings. The molecule has 118 valence electrons. The minimum Gasteiger partial charge on any atom is -0.279 e. The van der Waals surface area contributed by atoms with Gasteiger partial charge in [-0.05, 0) is 47.8 Å². The lowest BCUT2D eigenvalue weighted by Gasteiger charge is -2.05. The average Bonchev–Trinajstić information content (AvgIpc) is 2.63. The Balaban J connectivity index is 1.82. The number of carbonyl (C=O) groups is 2. The average molecular weight is 352 g/mol. The van der Waals surface area contributed by atoms with Gasteiger partial charge < -0.3 is 0 Å². The van der Waals surface area contributed by atoms with Crippen LogP contribution in [0.4, 0.5) is 0 Å². The topological polar surface area (TPSA) is 59.9 Å². The summed E-state index contributed by atoms with van der Waals surface area (Å²) in [7, 11) is 0. The van der Waals surface area contributed by atoms with Crippen LogP contribution in [0.5, 0.6) is 0 Å². The molecule has 2 aromatic carbocycles. The molecule has 0 saturated carbocycles. The second kappa shape index (κ2) is 7.90. The molecule has 0 radical (unpaired) electrons. The number of carbonyl (C=O) groups excluding carboxylic acids is 2. The third-order valence-electron chi connectivity index (χ3n) is 2.99. The third kappa shape index (κ3) is 4.10. The van der Waals surface area contributed by atoms with Gasteiger partial charge in [-0.15, -0.1) is 0 Å². The zero-order valence-electron chi connectivity index (χ0n) is 12.5. The van der Waals surface area contributed by atoms with Gasteiger partial charge in [-0.1, -0.05) is 36.4 Å². The van der Waals surface area contributed by atoms with Gasteiger partial charge >= 0.3 is 0 Å². The van der Waals surface area contributed by atoms with Crippen LogP contribution in [0.3, 0.4) is 0 Å². The van der Waals surface area contributed by atoms with Gasteiger partial charge in [-0.2, -0.15) is 0 Å². The van der Waals surface area contributed by atoms with Crippen LogP contribution < -0.4 is 0 Å². The molecule has 4 nitrogen and oxygen atoms in total. The predicted octanol–water partition coefficient (Wildman–Crippen LogP) is 4.34. The normalized spacial score (nSPS) is 10.3. The number of rotatable bonds is 4. The van der Waals surface area contributed by atoms with Gasteiger partial charge in [0.25, 0.3) is 0 Å². The fourth-order valence-corrected chi connectivity index (χ4v) is 3.43. The van der Waals surface area contributed by atoms with E-state index in [1.165, 1.54) is 12.4 Å². The van der Waals surface area contributed by atoms with Crippen LogP contribution in [0.2, 0.25) is 0 Å². The fraction of sp³-hybridized carbons (Fsp3) is 0. The Morgan fingerprint density at radius 3 is 1.38 bits per heavy atom. The molecule has 1 aromatic heterocycles. The summed E-state index contributed by atoms with van der Waals surface area (Å²) in [6.07, 6.45) is 2.84. The van der Waals surface area contributed by atoms with Gasteiger partial charge in [0.1, 0.15) is 11.4 Å². The molecule has 1 heterocycles. The SMILES string of the molecule is O=C(Sc1ccccc1)c1nccnc1C(=O)Sc1ccccc1. The third-order valence-corrected chi connectivity index (χ3v) is 4.77. The largest absolute Gasteiger partial charge is 0.279 e. The summed E-state index contributed by atoms with van der Waals surface area (Å²) < 4.78 is 0. The van der Waals surface area contributed by atoms with E-state index < -0.39 is 0 Å². The van der Waals surface area contributed by atoms with Crippen molar-refractivity contribution in [2.24, 2.45) is 0 Å². The minimum absolute atomic E-state index is 0.0831. The summed E-state index contributed by atoms with van der Waals surface area (Å²) in [5, 5.41) is -0.599. The number of thioether (sulfide) groups is 2. The van der Waals surface area contributed by atoms with Crippen LogP contribution in [-0.2, 0) is 0 Å². The molecule has 3 rings (SSSR count). The Labute approximate surface area is 147 Å². The van der Waals surface area contributed by atoms with E-state index >= 15 is 0 Å². The van der Waals surface area contributed by atoms with Crippen LogP contribution in [0.1, 0.15) is 21.0 Å². The lowest BCUT2D eigenvalue weighted by atomic mass is 10.3. The van der Waals surface area contributed by atoms with Gasteiger partial charge in [-0.25, -0.2) is 9.97 Å². The van der Waals surface area contributed by atoms with E-state index in [1.54, 1.807) is 0 Å². The van der Waals surface area contributed by atoms with Gasteiger partial charge in [-0.3, -0.25) is 9.59 Å². The minimum atomic E-state index is -0.300. The summed E-state index contributed by atoms with van der Waals surface area (Å²) in [5.74, 6) is 0. The first-order valence-electron chi connectivity index (χ1n) is 7.09. The number of nitrogens with zero attached hydrogens (tertiary/aromatic N) is 2. The zero-order chi connectivity index (χ0) is 16.8. The van der Waals surface area contributed by atoms with Crippen molar-refractivity contribution in [3.05, 3.63) is 84.4 Å². The molecule has 0 saturated heterocycles. The molecular formula is C18H12N2O2S2. The maximum atomic E-state index is 12.5. The molecule has 0 atom stereocenters. The monoisotopic (exact) mass is 352 g/mol. The standard InChI is InChI=1S/C18H12N2O2S2/c21-17(23-13-7-3-1-4-8-13)15-16(20-12-11-19-15)18(22)24-14-9-5-2-6-10-14/h1-12H. The first kappa shape index (κ1) is 16.4. The second-order valence-corrected chi connectivity index (χ2v) is 6.75. The van der Waals surface area contributed by atoms with Crippen LogP contribution >= 0.6 is 23.5 Å². The fourth-order valence-electron chi connectivity index (χ4n) is 1.92.